The van der Waals surface area contributed by atoms with E-state index in [4.69, 9.17) is 0 Å². The lowest BCUT2D eigenvalue weighted by Crippen LogP contribution is -2.39. The van der Waals surface area contributed by atoms with Crippen LogP contribution in [0, 0.1) is 0 Å². The average Bonchev–Trinajstić information content (AvgIpc) is 3.22. The molecule has 2 saturated heterocycles. The van der Waals surface area contributed by atoms with Crippen molar-refractivity contribution in [3.05, 3.63) is 23.9 Å². The second-order valence-corrected chi connectivity index (χ2v) is 5.81. The number of likely N-dealkylation sites (tertiary alicyclic amines) is 1. The first-order valence-electron chi connectivity index (χ1n) is 8.02. The first kappa shape index (κ1) is 17.3. The highest BCUT2D eigenvalue weighted by Gasteiger charge is 2.16. The topological polar surface area (TPSA) is 43.8 Å². The third kappa shape index (κ3) is 4.24. The maximum atomic E-state index is 4.50. The molecule has 1 N–H and O–H groups in total. The Balaban J connectivity index is 0.00000176. The predicted octanol–water partition coefficient (Wildman–Crippen LogP) is 2.47. The minimum absolute atomic E-state index is 0. The molecule has 0 aromatic carbocycles. The molecule has 1 aromatic heterocycles. The molecule has 6 heteroatoms. The number of nitrogens with one attached hydrogen (secondary N) is 1. The fraction of sp³-hybridized carbons (Fsp3) is 0.625. The monoisotopic (exact) mass is 415 g/mol. The summed E-state index contributed by atoms with van der Waals surface area (Å²) in [6.07, 6.45) is 7.03. The highest BCUT2D eigenvalue weighted by molar-refractivity contribution is 14.0. The molecule has 0 unspecified atom stereocenters. The first-order chi connectivity index (χ1) is 10.4. The quantitative estimate of drug-likeness (QED) is 0.468. The maximum absolute atomic E-state index is 4.50. The number of rotatable bonds is 3. The van der Waals surface area contributed by atoms with E-state index in [2.05, 4.69) is 37.2 Å². The van der Waals surface area contributed by atoms with Crippen molar-refractivity contribution in [3.8, 4) is 0 Å². The molecule has 5 nitrogen and oxygen atoms in total. The Hall–Kier alpha value is -1.05. The molecule has 2 aliphatic rings. The fourth-order valence-corrected chi connectivity index (χ4v) is 3.13. The second-order valence-electron chi connectivity index (χ2n) is 5.81. The largest absolute Gasteiger partial charge is 0.357 e. The van der Waals surface area contributed by atoms with Gasteiger partial charge in [-0.3, -0.25) is 4.99 Å². The van der Waals surface area contributed by atoms with Crippen LogP contribution in [-0.4, -0.2) is 49.1 Å². The lowest BCUT2D eigenvalue weighted by atomic mass is 10.2. The van der Waals surface area contributed by atoms with Crippen LogP contribution in [0.25, 0.3) is 0 Å². The Bertz CT molecular complexity index is 493. The Kier molecular flexibility index (Phi) is 6.72. The van der Waals surface area contributed by atoms with Gasteiger partial charge in [0.25, 0.3) is 0 Å². The van der Waals surface area contributed by atoms with Gasteiger partial charge in [-0.05, 0) is 43.4 Å². The van der Waals surface area contributed by atoms with E-state index < -0.39 is 0 Å². The first-order valence-corrected chi connectivity index (χ1v) is 8.02. The number of anilines is 1. The third-order valence-corrected chi connectivity index (χ3v) is 4.31. The zero-order valence-electron chi connectivity index (χ0n) is 13.3. The summed E-state index contributed by atoms with van der Waals surface area (Å²) in [5, 5.41) is 3.48. The summed E-state index contributed by atoms with van der Waals surface area (Å²) in [5.41, 5.74) is 1.27. The van der Waals surface area contributed by atoms with Gasteiger partial charge in [0.15, 0.2) is 5.96 Å². The van der Waals surface area contributed by atoms with Crippen LogP contribution in [0.1, 0.15) is 31.2 Å². The number of guanidine groups is 1. The van der Waals surface area contributed by atoms with Crippen molar-refractivity contribution in [3.63, 3.8) is 0 Å². The van der Waals surface area contributed by atoms with Crippen molar-refractivity contribution < 1.29 is 0 Å². The van der Waals surface area contributed by atoms with Crippen LogP contribution in [0.4, 0.5) is 5.82 Å². The highest BCUT2D eigenvalue weighted by atomic mass is 127. The zero-order chi connectivity index (χ0) is 14.5. The van der Waals surface area contributed by atoms with Crippen LogP contribution >= 0.6 is 24.0 Å². The summed E-state index contributed by atoms with van der Waals surface area (Å²) >= 11 is 0. The summed E-state index contributed by atoms with van der Waals surface area (Å²) in [7, 11) is 1.86. The van der Waals surface area contributed by atoms with Gasteiger partial charge in [0.2, 0.25) is 0 Å². The summed E-state index contributed by atoms with van der Waals surface area (Å²) in [4.78, 5) is 13.6. The molecule has 22 heavy (non-hydrogen) atoms. The van der Waals surface area contributed by atoms with Crippen LogP contribution in [0.15, 0.2) is 23.3 Å². The van der Waals surface area contributed by atoms with E-state index in [9.17, 15) is 0 Å². The molecule has 3 heterocycles. The molecule has 0 spiro atoms. The molecule has 122 valence electrons. The summed E-state index contributed by atoms with van der Waals surface area (Å²) in [6, 6.07) is 4.29. The number of hydrogen-bond donors (Lipinski definition) is 1. The number of aliphatic imine (C=N–C) groups is 1. The lowest BCUT2D eigenvalue weighted by molar-refractivity contribution is 0.493. The van der Waals surface area contributed by atoms with Crippen molar-refractivity contribution in [2.75, 3.05) is 38.1 Å². The number of pyridine rings is 1. The standard InChI is InChI=1S/C16H25N5.HI/c1-17-16(21-10-4-5-11-21)19-13-14-6-7-18-15(12-14)20-8-2-3-9-20;/h6-7,12H,2-5,8-11,13H2,1H3,(H,17,19);1H. The van der Waals surface area contributed by atoms with Gasteiger partial charge < -0.3 is 15.1 Å². The molecule has 0 aliphatic carbocycles. The molecule has 0 radical (unpaired) electrons. The molecule has 1 aromatic rings. The van der Waals surface area contributed by atoms with Crippen molar-refractivity contribution >= 4 is 35.8 Å². The number of nitrogens with zero attached hydrogens (tertiary/aromatic N) is 4. The van der Waals surface area contributed by atoms with Gasteiger partial charge in [0.1, 0.15) is 5.82 Å². The van der Waals surface area contributed by atoms with Crippen molar-refractivity contribution in [1.29, 1.82) is 0 Å². The number of halogens is 1. The Labute approximate surface area is 150 Å². The van der Waals surface area contributed by atoms with Gasteiger partial charge in [-0.25, -0.2) is 4.98 Å². The summed E-state index contributed by atoms with van der Waals surface area (Å²) < 4.78 is 0. The van der Waals surface area contributed by atoms with Crippen LogP contribution in [-0.2, 0) is 6.54 Å². The summed E-state index contributed by atoms with van der Waals surface area (Å²) in [6.45, 7) is 5.33. The van der Waals surface area contributed by atoms with Gasteiger partial charge >= 0.3 is 0 Å². The van der Waals surface area contributed by atoms with Crippen molar-refractivity contribution in [2.24, 2.45) is 4.99 Å². The Morgan fingerprint density at radius 3 is 2.55 bits per heavy atom. The Morgan fingerprint density at radius 1 is 1.18 bits per heavy atom. The Morgan fingerprint density at radius 2 is 1.86 bits per heavy atom. The van der Waals surface area contributed by atoms with E-state index in [1.165, 1.54) is 31.2 Å². The van der Waals surface area contributed by atoms with Crippen molar-refractivity contribution in [2.45, 2.75) is 32.2 Å². The van der Waals surface area contributed by atoms with E-state index >= 15 is 0 Å². The predicted molar refractivity (Wildman–Crippen MR) is 102 cm³/mol. The zero-order valence-corrected chi connectivity index (χ0v) is 15.6. The molecule has 0 amide bonds. The molecule has 2 aliphatic heterocycles. The van der Waals surface area contributed by atoms with Crippen LogP contribution < -0.4 is 10.2 Å². The fourth-order valence-electron chi connectivity index (χ4n) is 3.13. The number of aromatic nitrogens is 1. The second kappa shape index (κ2) is 8.55. The SMILES string of the molecule is CN=C(NCc1ccnc(N2CCCC2)c1)N1CCCC1.I. The molecule has 3 rings (SSSR count). The number of hydrogen-bond acceptors (Lipinski definition) is 3. The highest BCUT2D eigenvalue weighted by Crippen LogP contribution is 2.18. The van der Waals surface area contributed by atoms with Gasteiger partial charge in [0, 0.05) is 46.0 Å². The molecule has 0 saturated carbocycles. The lowest BCUT2D eigenvalue weighted by Gasteiger charge is -2.21. The normalized spacial score (nSPS) is 18.5. The van der Waals surface area contributed by atoms with Gasteiger partial charge in [-0.1, -0.05) is 0 Å². The van der Waals surface area contributed by atoms with Gasteiger partial charge in [-0.2, -0.15) is 0 Å². The maximum Gasteiger partial charge on any atom is 0.193 e. The van der Waals surface area contributed by atoms with Gasteiger partial charge in [-0.15, -0.1) is 24.0 Å². The molecular formula is C16H26IN5. The molecule has 0 atom stereocenters. The molecule has 0 bridgehead atoms. The minimum Gasteiger partial charge on any atom is -0.357 e. The molecule has 2 fully saturated rings. The molecular weight excluding hydrogens is 389 g/mol. The van der Waals surface area contributed by atoms with Crippen LogP contribution in [0.5, 0.6) is 0 Å². The van der Waals surface area contributed by atoms with E-state index in [0.29, 0.717) is 0 Å². The van der Waals surface area contributed by atoms with E-state index in [-0.39, 0.29) is 24.0 Å². The van der Waals surface area contributed by atoms with E-state index in [1.807, 2.05) is 13.2 Å². The minimum atomic E-state index is 0. The van der Waals surface area contributed by atoms with Gasteiger partial charge in [0.05, 0.1) is 0 Å². The summed E-state index contributed by atoms with van der Waals surface area (Å²) in [5.74, 6) is 2.13. The average molecular weight is 415 g/mol. The van der Waals surface area contributed by atoms with E-state index in [1.54, 1.807) is 0 Å². The van der Waals surface area contributed by atoms with Crippen LogP contribution in [0.3, 0.4) is 0 Å². The smallest absolute Gasteiger partial charge is 0.193 e. The third-order valence-electron chi connectivity index (χ3n) is 4.31. The van der Waals surface area contributed by atoms with Crippen molar-refractivity contribution in [1.82, 2.24) is 15.2 Å². The van der Waals surface area contributed by atoms with E-state index in [0.717, 1.165) is 44.5 Å². The van der Waals surface area contributed by atoms with Crippen LogP contribution in [0.2, 0.25) is 0 Å².